The molecule has 0 aromatic heterocycles. The van der Waals surface area contributed by atoms with Crippen LogP contribution in [0, 0.1) is 25.8 Å². The Labute approximate surface area is 136 Å². The molecule has 18 heavy (non-hydrogen) atoms. The minimum atomic E-state index is 0. The Morgan fingerprint density at radius 2 is 1.94 bits per heavy atom. The van der Waals surface area contributed by atoms with Crippen LogP contribution in [0.2, 0.25) is 0 Å². The monoisotopic (exact) mass is 318 g/mol. The van der Waals surface area contributed by atoms with E-state index in [1.165, 1.54) is 42.4 Å². The van der Waals surface area contributed by atoms with Gasteiger partial charge < -0.3 is 4.79 Å². The van der Waals surface area contributed by atoms with Gasteiger partial charge in [-0.1, -0.05) is 45.4 Å². The molecule has 1 saturated carbocycles. The van der Waals surface area contributed by atoms with Gasteiger partial charge in [-0.05, 0) is 5.92 Å². The van der Waals surface area contributed by atoms with Gasteiger partial charge in [0.05, 0.1) is 0 Å². The normalized spacial score (nSPS) is 23.2. The molecule has 0 unspecified atom stereocenters. The molecular formula is C16H21OY-. The molecule has 0 heterocycles. The van der Waals surface area contributed by atoms with E-state index in [0.717, 1.165) is 12.7 Å². The summed E-state index contributed by atoms with van der Waals surface area (Å²) >= 11 is 0. The number of carbonyl (C=O) groups is 1. The van der Waals surface area contributed by atoms with Crippen LogP contribution in [0.1, 0.15) is 54.7 Å². The summed E-state index contributed by atoms with van der Waals surface area (Å²) in [6.45, 7) is 4.27. The van der Waals surface area contributed by atoms with Gasteiger partial charge in [0.25, 0.3) is 0 Å². The number of benzene rings is 1. The van der Waals surface area contributed by atoms with E-state index in [1.54, 1.807) is 0 Å². The summed E-state index contributed by atoms with van der Waals surface area (Å²) in [7, 11) is 0. The molecule has 0 atom stereocenters. The average Bonchev–Trinajstić information content (AvgIpc) is 2.34. The van der Waals surface area contributed by atoms with E-state index in [9.17, 15) is 4.79 Å². The Bertz CT molecular complexity index is 392. The maximum atomic E-state index is 10.5. The van der Waals surface area contributed by atoms with Crippen LogP contribution in [0.4, 0.5) is 0 Å². The van der Waals surface area contributed by atoms with Gasteiger partial charge in [-0.2, -0.15) is 34.9 Å². The fourth-order valence-corrected chi connectivity index (χ4v) is 2.81. The van der Waals surface area contributed by atoms with Gasteiger partial charge in [0.15, 0.2) is 0 Å². The summed E-state index contributed by atoms with van der Waals surface area (Å²) in [5.74, 6) is 1.33. The van der Waals surface area contributed by atoms with Gasteiger partial charge in [0.2, 0.25) is 0 Å². The summed E-state index contributed by atoms with van der Waals surface area (Å²) in [5, 5.41) is 0. The molecule has 0 bridgehead atoms. The Morgan fingerprint density at radius 3 is 2.50 bits per heavy atom. The van der Waals surface area contributed by atoms with Gasteiger partial charge in [-0.15, -0.1) is 0 Å². The van der Waals surface area contributed by atoms with Crippen molar-refractivity contribution in [2.24, 2.45) is 5.92 Å². The molecule has 0 spiro atoms. The van der Waals surface area contributed by atoms with Crippen molar-refractivity contribution < 1.29 is 37.5 Å². The van der Waals surface area contributed by atoms with Gasteiger partial charge in [0, 0.05) is 39.1 Å². The summed E-state index contributed by atoms with van der Waals surface area (Å²) < 4.78 is 0. The SMILES string of the molecule is Cc1[c-]cc(C2CCC(CC=O)CC2)cc1C.[Y]. The second-order valence-corrected chi connectivity index (χ2v) is 5.36. The maximum Gasteiger partial charge on any atom is 0.120 e. The van der Waals surface area contributed by atoms with E-state index in [-0.39, 0.29) is 32.7 Å². The number of hydrogen-bond donors (Lipinski definition) is 0. The van der Waals surface area contributed by atoms with Crippen LogP contribution in [0.3, 0.4) is 0 Å². The molecule has 0 aliphatic heterocycles. The second kappa shape index (κ2) is 7.55. The van der Waals surface area contributed by atoms with E-state index < -0.39 is 0 Å². The molecule has 0 N–H and O–H groups in total. The van der Waals surface area contributed by atoms with E-state index in [2.05, 4.69) is 32.0 Å². The topological polar surface area (TPSA) is 17.1 Å². The van der Waals surface area contributed by atoms with Crippen molar-refractivity contribution in [1.82, 2.24) is 0 Å². The van der Waals surface area contributed by atoms with Crippen molar-refractivity contribution >= 4 is 6.29 Å². The Balaban J connectivity index is 0.00000162. The average molecular weight is 318 g/mol. The molecule has 1 fully saturated rings. The van der Waals surface area contributed by atoms with Crippen molar-refractivity contribution in [2.75, 3.05) is 0 Å². The molecule has 1 aliphatic rings. The Morgan fingerprint density at radius 1 is 1.28 bits per heavy atom. The summed E-state index contributed by atoms with van der Waals surface area (Å²) in [6, 6.07) is 7.82. The third-order valence-corrected chi connectivity index (χ3v) is 4.18. The van der Waals surface area contributed by atoms with Crippen molar-refractivity contribution in [3.63, 3.8) is 0 Å². The van der Waals surface area contributed by atoms with Crippen LogP contribution in [-0.2, 0) is 37.5 Å². The number of aldehydes is 1. The van der Waals surface area contributed by atoms with Gasteiger partial charge in [0.1, 0.15) is 6.29 Å². The number of carbonyl (C=O) groups excluding carboxylic acids is 1. The molecule has 1 aliphatic carbocycles. The number of rotatable bonds is 3. The van der Waals surface area contributed by atoms with Crippen LogP contribution in [0.15, 0.2) is 12.1 Å². The third-order valence-electron chi connectivity index (χ3n) is 4.18. The first-order valence-electron chi connectivity index (χ1n) is 6.63. The zero-order chi connectivity index (χ0) is 12.3. The molecule has 0 amide bonds. The van der Waals surface area contributed by atoms with Crippen molar-refractivity contribution in [3.8, 4) is 0 Å². The zero-order valence-electron chi connectivity index (χ0n) is 11.4. The van der Waals surface area contributed by atoms with Gasteiger partial charge in [-0.3, -0.25) is 0 Å². The van der Waals surface area contributed by atoms with E-state index in [0.29, 0.717) is 11.8 Å². The predicted molar refractivity (Wildman–Crippen MR) is 70.1 cm³/mol. The molecular weight excluding hydrogens is 297 g/mol. The van der Waals surface area contributed by atoms with Crippen LogP contribution >= 0.6 is 0 Å². The van der Waals surface area contributed by atoms with Gasteiger partial charge in [-0.25, -0.2) is 0 Å². The first kappa shape index (κ1) is 16.0. The molecule has 1 aromatic rings. The minimum absolute atomic E-state index is 0. The smallest absolute Gasteiger partial charge is 0.120 e. The largest absolute Gasteiger partial charge is 0.303 e. The fraction of sp³-hybridized carbons (Fsp3) is 0.562. The number of hydrogen-bond acceptors (Lipinski definition) is 1. The van der Waals surface area contributed by atoms with Crippen LogP contribution in [0.5, 0.6) is 0 Å². The second-order valence-electron chi connectivity index (χ2n) is 5.36. The van der Waals surface area contributed by atoms with E-state index in [4.69, 9.17) is 0 Å². The first-order chi connectivity index (χ1) is 8.20. The minimum Gasteiger partial charge on any atom is -0.303 e. The Hall–Kier alpha value is -0.00610. The standard InChI is InChI=1S/C16H21O.Y/c1-12-3-6-16(11-13(12)2)15-7-4-14(5-8-15)9-10-17;/h6,10-11,14-15H,4-5,7-9H2,1-2H3;/q-1;. The first-order valence-corrected chi connectivity index (χ1v) is 6.63. The predicted octanol–water partition coefficient (Wildman–Crippen LogP) is 3.96. The summed E-state index contributed by atoms with van der Waals surface area (Å²) in [6.07, 6.45) is 6.71. The molecule has 2 heteroatoms. The fourth-order valence-electron chi connectivity index (χ4n) is 2.81. The van der Waals surface area contributed by atoms with Gasteiger partial charge >= 0.3 is 0 Å². The van der Waals surface area contributed by atoms with Crippen LogP contribution in [0.25, 0.3) is 0 Å². The molecule has 0 saturated heterocycles. The molecule has 2 rings (SSSR count). The zero-order valence-corrected chi connectivity index (χ0v) is 14.2. The van der Waals surface area contributed by atoms with E-state index >= 15 is 0 Å². The van der Waals surface area contributed by atoms with Crippen LogP contribution in [-0.4, -0.2) is 6.29 Å². The molecule has 1 nitrogen and oxygen atoms in total. The summed E-state index contributed by atoms with van der Waals surface area (Å²) in [4.78, 5) is 10.5. The summed E-state index contributed by atoms with van der Waals surface area (Å²) in [5.41, 5.74) is 4.04. The molecule has 1 aromatic carbocycles. The molecule has 95 valence electrons. The maximum absolute atomic E-state index is 10.5. The third kappa shape index (κ3) is 4.00. The molecule has 1 radical (unpaired) electrons. The van der Waals surface area contributed by atoms with E-state index in [1.807, 2.05) is 0 Å². The van der Waals surface area contributed by atoms with Crippen LogP contribution < -0.4 is 0 Å². The van der Waals surface area contributed by atoms with Crippen molar-refractivity contribution in [2.45, 2.75) is 51.9 Å². The quantitative estimate of drug-likeness (QED) is 0.609. The van der Waals surface area contributed by atoms with Crippen molar-refractivity contribution in [3.05, 3.63) is 34.9 Å². The number of aryl methyl sites for hydroxylation is 2. The Kier molecular flexibility index (Phi) is 6.73. The van der Waals surface area contributed by atoms with Crippen molar-refractivity contribution in [1.29, 1.82) is 0 Å².